The summed E-state index contributed by atoms with van der Waals surface area (Å²) >= 11 is 5.96. The number of aromatic nitrogens is 1. The highest BCUT2D eigenvalue weighted by Crippen LogP contribution is 2.33. The number of hydrazone groups is 1. The number of hydrogen-bond acceptors (Lipinski definition) is 3. The van der Waals surface area contributed by atoms with Crippen molar-refractivity contribution in [2.75, 3.05) is 0 Å². The average Bonchev–Trinajstić information content (AvgIpc) is 3.08. The molecule has 32 heavy (non-hydrogen) atoms. The van der Waals surface area contributed by atoms with Crippen molar-refractivity contribution in [2.24, 2.45) is 5.10 Å². The molecule has 0 bridgehead atoms. The van der Waals surface area contributed by atoms with Crippen molar-refractivity contribution < 1.29 is 9.59 Å². The van der Waals surface area contributed by atoms with Gasteiger partial charge in [-0.2, -0.15) is 5.10 Å². The Balaban J connectivity index is 1.57. The molecule has 1 atom stereocenters. The maximum atomic E-state index is 13.1. The van der Waals surface area contributed by atoms with Crippen LogP contribution >= 0.6 is 11.6 Å². The zero-order valence-corrected chi connectivity index (χ0v) is 17.9. The Morgan fingerprint density at radius 3 is 2.56 bits per heavy atom. The Hall–Kier alpha value is -3.90. The number of benzene rings is 3. The lowest BCUT2D eigenvalue weighted by atomic mass is 9.99. The highest BCUT2D eigenvalue weighted by atomic mass is 35.5. The van der Waals surface area contributed by atoms with E-state index in [9.17, 15) is 9.59 Å². The number of nitrogens with zero attached hydrogens (tertiary/aromatic N) is 1. The monoisotopic (exact) mass is 442 g/mol. The lowest BCUT2D eigenvalue weighted by Crippen LogP contribution is -2.27. The van der Waals surface area contributed by atoms with Crippen molar-refractivity contribution in [3.8, 4) is 11.3 Å². The van der Waals surface area contributed by atoms with E-state index >= 15 is 0 Å². The van der Waals surface area contributed by atoms with Crippen molar-refractivity contribution in [1.29, 1.82) is 0 Å². The molecule has 0 saturated heterocycles. The third-order valence-corrected chi connectivity index (χ3v) is 5.84. The highest BCUT2D eigenvalue weighted by molar-refractivity contribution is 6.30. The van der Waals surface area contributed by atoms with E-state index in [4.69, 9.17) is 11.6 Å². The number of aromatic amines is 1. The van der Waals surface area contributed by atoms with Crippen LogP contribution in [0.5, 0.6) is 0 Å². The number of nitrogens with one attached hydrogen (secondary N) is 3. The van der Waals surface area contributed by atoms with Crippen LogP contribution in [0.2, 0.25) is 5.02 Å². The van der Waals surface area contributed by atoms with Crippen LogP contribution in [0.4, 0.5) is 0 Å². The van der Waals surface area contributed by atoms with Crippen molar-refractivity contribution in [1.82, 2.24) is 15.7 Å². The molecule has 2 heterocycles. The molecule has 0 fully saturated rings. The largest absolute Gasteiger partial charge is 0.354 e. The van der Waals surface area contributed by atoms with Crippen molar-refractivity contribution in [3.63, 3.8) is 0 Å². The molecule has 6 nitrogen and oxygen atoms in total. The fourth-order valence-corrected chi connectivity index (χ4v) is 4.09. The van der Waals surface area contributed by atoms with E-state index in [1.54, 1.807) is 30.5 Å². The second kappa shape index (κ2) is 7.98. The van der Waals surface area contributed by atoms with E-state index in [2.05, 4.69) is 20.8 Å². The summed E-state index contributed by atoms with van der Waals surface area (Å²) in [6.07, 6.45) is 1.64. The standard InChI is InChI=1S/C25H19ClN4O2/c1-14(15-7-9-18(26)10-8-15)28-24(31)17-11-19-22-20(13-27-30-25(19)32)23(29-21(22)12-17)16-5-3-2-4-6-16/h2-14,29H,1H3,(H,28,31)(H,30,32). The third-order valence-electron chi connectivity index (χ3n) is 5.58. The zero-order valence-electron chi connectivity index (χ0n) is 17.1. The van der Waals surface area contributed by atoms with Crippen LogP contribution in [0.15, 0.2) is 71.8 Å². The number of rotatable bonds is 4. The molecule has 0 spiro atoms. The Kier molecular flexibility index (Phi) is 4.99. The summed E-state index contributed by atoms with van der Waals surface area (Å²) in [5.74, 6) is -0.634. The Labute approximate surface area is 189 Å². The van der Waals surface area contributed by atoms with Gasteiger partial charge in [-0.25, -0.2) is 5.43 Å². The van der Waals surface area contributed by atoms with Crippen LogP contribution in [0.1, 0.15) is 44.8 Å². The van der Waals surface area contributed by atoms with Gasteiger partial charge in [-0.3, -0.25) is 9.59 Å². The van der Waals surface area contributed by atoms with E-state index in [-0.39, 0.29) is 17.9 Å². The highest BCUT2D eigenvalue weighted by Gasteiger charge is 2.24. The molecule has 1 aliphatic heterocycles. The summed E-state index contributed by atoms with van der Waals surface area (Å²) in [6, 6.07) is 20.3. The van der Waals surface area contributed by atoms with Gasteiger partial charge in [0.2, 0.25) is 0 Å². The molecule has 5 rings (SSSR count). The average molecular weight is 443 g/mol. The van der Waals surface area contributed by atoms with Gasteiger partial charge in [-0.15, -0.1) is 0 Å². The number of carbonyl (C=O) groups excluding carboxylic acids is 2. The molecule has 1 aliphatic rings. The first-order chi connectivity index (χ1) is 15.5. The molecule has 3 aromatic carbocycles. The predicted octanol–water partition coefficient (Wildman–Crippen LogP) is 5.06. The third kappa shape index (κ3) is 3.55. The molecule has 0 radical (unpaired) electrons. The quantitative estimate of drug-likeness (QED) is 0.412. The number of carbonyl (C=O) groups is 2. The molecular formula is C25H19ClN4O2. The van der Waals surface area contributed by atoms with E-state index in [1.807, 2.05) is 49.4 Å². The van der Waals surface area contributed by atoms with Crippen LogP contribution in [-0.4, -0.2) is 23.0 Å². The van der Waals surface area contributed by atoms with E-state index in [1.165, 1.54) is 0 Å². The molecule has 2 amide bonds. The minimum Gasteiger partial charge on any atom is -0.354 e. The van der Waals surface area contributed by atoms with Gasteiger partial charge in [0.1, 0.15) is 0 Å². The van der Waals surface area contributed by atoms with Crippen LogP contribution < -0.4 is 10.7 Å². The van der Waals surface area contributed by atoms with Crippen LogP contribution in [0, 0.1) is 0 Å². The zero-order chi connectivity index (χ0) is 22.2. The minimum atomic E-state index is -0.357. The first-order valence-electron chi connectivity index (χ1n) is 10.2. The summed E-state index contributed by atoms with van der Waals surface area (Å²) in [5.41, 5.74) is 7.56. The summed E-state index contributed by atoms with van der Waals surface area (Å²) in [6.45, 7) is 1.90. The van der Waals surface area contributed by atoms with Crippen LogP contribution in [-0.2, 0) is 0 Å². The van der Waals surface area contributed by atoms with Crippen LogP contribution in [0.3, 0.4) is 0 Å². The first-order valence-corrected chi connectivity index (χ1v) is 10.5. The van der Waals surface area contributed by atoms with E-state index in [0.29, 0.717) is 21.7 Å². The molecule has 7 heteroatoms. The minimum absolute atomic E-state index is 0.231. The van der Waals surface area contributed by atoms with Crippen LogP contribution in [0.25, 0.3) is 22.2 Å². The maximum absolute atomic E-state index is 13.1. The number of amides is 2. The smallest absolute Gasteiger partial charge is 0.272 e. The predicted molar refractivity (Wildman–Crippen MR) is 126 cm³/mol. The topological polar surface area (TPSA) is 86.3 Å². The Morgan fingerprint density at radius 1 is 1.06 bits per heavy atom. The van der Waals surface area contributed by atoms with Gasteiger partial charge >= 0.3 is 0 Å². The summed E-state index contributed by atoms with van der Waals surface area (Å²) in [7, 11) is 0. The second-order valence-corrected chi connectivity index (χ2v) is 8.11. The summed E-state index contributed by atoms with van der Waals surface area (Å²) in [5, 5.41) is 8.43. The maximum Gasteiger partial charge on any atom is 0.272 e. The SMILES string of the molecule is CC(NC(=O)c1cc2c3c(c(-c4ccccc4)[nH]c3c1)C=NNC2=O)c1ccc(Cl)cc1. The molecule has 1 unspecified atom stereocenters. The second-order valence-electron chi connectivity index (χ2n) is 7.67. The number of H-pyrrole nitrogens is 1. The van der Waals surface area contributed by atoms with Gasteiger partial charge in [0, 0.05) is 27.1 Å². The fraction of sp³-hybridized carbons (Fsp3) is 0.0800. The number of halogens is 1. The summed E-state index contributed by atoms with van der Waals surface area (Å²) in [4.78, 5) is 29.2. The fourth-order valence-electron chi connectivity index (χ4n) is 3.96. The van der Waals surface area contributed by atoms with Gasteiger partial charge in [0.05, 0.1) is 23.5 Å². The molecule has 3 N–H and O–H groups in total. The van der Waals surface area contributed by atoms with Gasteiger partial charge < -0.3 is 10.3 Å². The molecule has 1 aromatic heterocycles. The van der Waals surface area contributed by atoms with Gasteiger partial charge in [-0.1, -0.05) is 54.1 Å². The van der Waals surface area contributed by atoms with Gasteiger partial charge in [0.25, 0.3) is 11.8 Å². The summed E-state index contributed by atoms with van der Waals surface area (Å²) < 4.78 is 0. The lowest BCUT2D eigenvalue weighted by molar-refractivity contribution is 0.0940. The molecule has 4 aromatic rings. The van der Waals surface area contributed by atoms with Crippen molar-refractivity contribution >= 4 is 40.5 Å². The van der Waals surface area contributed by atoms with Crippen molar-refractivity contribution in [2.45, 2.75) is 13.0 Å². The van der Waals surface area contributed by atoms with Gasteiger partial charge in [0.15, 0.2) is 0 Å². The Bertz CT molecular complexity index is 1370. The Morgan fingerprint density at radius 2 is 1.81 bits per heavy atom. The lowest BCUT2D eigenvalue weighted by Gasteiger charge is -2.15. The van der Waals surface area contributed by atoms with Crippen molar-refractivity contribution in [3.05, 3.63) is 94.0 Å². The van der Waals surface area contributed by atoms with Gasteiger partial charge in [-0.05, 0) is 42.3 Å². The normalized spacial score (nSPS) is 13.5. The molecule has 158 valence electrons. The first kappa shape index (κ1) is 20.0. The molecule has 0 aliphatic carbocycles. The number of hydrogen-bond donors (Lipinski definition) is 3. The molecular weight excluding hydrogens is 424 g/mol. The molecule has 0 saturated carbocycles. The van der Waals surface area contributed by atoms with E-state index < -0.39 is 0 Å². The van der Waals surface area contributed by atoms with E-state index in [0.717, 1.165) is 27.8 Å².